The van der Waals surface area contributed by atoms with Crippen LogP contribution < -0.4 is 11.1 Å². The summed E-state index contributed by atoms with van der Waals surface area (Å²) in [6.45, 7) is 3.04. The summed E-state index contributed by atoms with van der Waals surface area (Å²) in [5, 5.41) is 2.87. The van der Waals surface area contributed by atoms with Gasteiger partial charge in [-0.3, -0.25) is 9.59 Å². The molecule has 0 aromatic heterocycles. The lowest BCUT2D eigenvalue weighted by Gasteiger charge is -2.31. The Morgan fingerprint density at radius 1 is 1.19 bits per heavy atom. The molecular formula is C21H24FN3O2. The summed E-state index contributed by atoms with van der Waals surface area (Å²) in [4.78, 5) is 26.7. The first-order valence-corrected chi connectivity index (χ1v) is 9.12. The van der Waals surface area contributed by atoms with Crippen molar-refractivity contribution in [3.8, 4) is 0 Å². The summed E-state index contributed by atoms with van der Waals surface area (Å²) in [5.74, 6) is -0.560. The van der Waals surface area contributed by atoms with E-state index in [0.29, 0.717) is 49.3 Å². The number of halogens is 1. The molecule has 3 N–H and O–H groups in total. The minimum atomic E-state index is -0.270. The standard InChI is InChI=1S/C21H24FN3O2/c1-14-6-7-15(12-18(14)22)13-24-20(26)16-8-10-25(11-9-16)21(27)17-4-2-3-5-19(17)23/h2-7,12,16H,8-11,13,23H2,1H3,(H,24,26). The van der Waals surface area contributed by atoms with E-state index in [2.05, 4.69) is 5.32 Å². The Morgan fingerprint density at radius 3 is 2.56 bits per heavy atom. The van der Waals surface area contributed by atoms with Crippen LogP contribution in [0.5, 0.6) is 0 Å². The largest absolute Gasteiger partial charge is 0.398 e. The molecule has 1 aliphatic rings. The van der Waals surface area contributed by atoms with E-state index in [4.69, 9.17) is 5.73 Å². The lowest BCUT2D eigenvalue weighted by Crippen LogP contribution is -2.43. The highest BCUT2D eigenvalue weighted by atomic mass is 19.1. The number of benzene rings is 2. The van der Waals surface area contributed by atoms with E-state index < -0.39 is 0 Å². The summed E-state index contributed by atoms with van der Waals surface area (Å²) < 4.78 is 13.6. The number of para-hydroxylation sites is 1. The van der Waals surface area contributed by atoms with Gasteiger partial charge in [-0.05, 0) is 49.1 Å². The zero-order valence-electron chi connectivity index (χ0n) is 15.4. The number of hydrogen-bond acceptors (Lipinski definition) is 3. The summed E-state index contributed by atoms with van der Waals surface area (Å²) in [6.07, 6.45) is 1.21. The van der Waals surface area contributed by atoms with Gasteiger partial charge in [0.1, 0.15) is 5.82 Å². The fraction of sp³-hybridized carbons (Fsp3) is 0.333. The fourth-order valence-electron chi connectivity index (χ4n) is 3.29. The van der Waals surface area contributed by atoms with E-state index in [-0.39, 0.29) is 23.5 Å². The van der Waals surface area contributed by atoms with Crippen molar-refractivity contribution in [3.05, 3.63) is 65.0 Å². The Bertz CT molecular complexity index is 845. The van der Waals surface area contributed by atoms with Crippen LogP contribution in [0, 0.1) is 18.7 Å². The molecular weight excluding hydrogens is 345 g/mol. The average Bonchev–Trinajstić information content (AvgIpc) is 2.68. The number of carbonyl (C=O) groups is 2. The Balaban J connectivity index is 1.51. The number of piperidine rings is 1. The van der Waals surface area contributed by atoms with Gasteiger partial charge in [0.2, 0.25) is 5.91 Å². The first-order valence-electron chi connectivity index (χ1n) is 9.12. The molecule has 0 spiro atoms. The predicted octanol–water partition coefficient (Wildman–Crippen LogP) is 2.88. The molecule has 1 aliphatic heterocycles. The molecule has 2 aromatic carbocycles. The van der Waals surface area contributed by atoms with Crippen LogP contribution in [-0.4, -0.2) is 29.8 Å². The van der Waals surface area contributed by atoms with E-state index in [9.17, 15) is 14.0 Å². The van der Waals surface area contributed by atoms with Gasteiger partial charge in [-0.1, -0.05) is 24.3 Å². The summed E-state index contributed by atoms with van der Waals surface area (Å²) in [5.41, 5.74) is 8.17. The Morgan fingerprint density at radius 2 is 1.89 bits per heavy atom. The third-order valence-electron chi connectivity index (χ3n) is 5.05. The maximum atomic E-state index is 13.6. The SMILES string of the molecule is Cc1ccc(CNC(=O)C2CCN(C(=O)c3ccccc3N)CC2)cc1F. The first-order chi connectivity index (χ1) is 13.0. The van der Waals surface area contributed by atoms with E-state index in [1.165, 1.54) is 6.07 Å². The van der Waals surface area contributed by atoms with Crippen molar-refractivity contribution in [2.75, 3.05) is 18.8 Å². The quantitative estimate of drug-likeness (QED) is 0.814. The van der Waals surface area contributed by atoms with Crippen molar-refractivity contribution >= 4 is 17.5 Å². The number of nitrogens with two attached hydrogens (primary N) is 1. The smallest absolute Gasteiger partial charge is 0.255 e. The monoisotopic (exact) mass is 369 g/mol. The van der Waals surface area contributed by atoms with E-state index >= 15 is 0 Å². The van der Waals surface area contributed by atoms with Crippen molar-refractivity contribution in [3.63, 3.8) is 0 Å². The van der Waals surface area contributed by atoms with E-state index in [1.54, 1.807) is 42.2 Å². The molecule has 6 heteroatoms. The molecule has 0 saturated carbocycles. The van der Waals surface area contributed by atoms with Gasteiger partial charge in [-0.15, -0.1) is 0 Å². The molecule has 2 amide bonds. The summed E-state index contributed by atoms with van der Waals surface area (Å²) in [7, 11) is 0. The number of rotatable bonds is 4. The average molecular weight is 369 g/mol. The normalized spacial score (nSPS) is 14.8. The molecule has 1 heterocycles. The minimum absolute atomic E-state index is 0.0534. The van der Waals surface area contributed by atoms with Gasteiger partial charge in [0.05, 0.1) is 5.56 Å². The zero-order valence-corrected chi connectivity index (χ0v) is 15.4. The number of nitrogens with one attached hydrogen (secondary N) is 1. The van der Waals surface area contributed by atoms with Crippen molar-refractivity contribution in [1.82, 2.24) is 10.2 Å². The number of anilines is 1. The second-order valence-corrected chi connectivity index (χ2v) is 6.96. The molecule has 0 radical (unpaired) electrons. The molecule has 142 valence electrons. The van der Waals surface area contributed by atoms with Crippen molar-refractivity contribution in [1.29, 1.82) is 0 Å². The van der Waals surface area contributed by atoms with Gasteiger partial charge >= 0.3 is 0 Å². The van der Waals surface area contributed by atoms with E-state index in [1.807, 2.05) is 6.07 Å². The van der Waals surface area contributed by atoms with Gasteiger partial charge in [0, 0.05) is 31.2 Å². The molecule has 0 unspecified atom stereocenters. The third-order valence-corrected chi connectivity index (χ3v) is 5.05. The zero-order chi connectivity index (χ0) is 19.4. The number of nitrogen functional groups attached to an aromatic ring is 1. The van der Waals surface area contributed by atoms with Gasteiger partial charge < -0.3 is 16.0 Å². The molecule has 3 rings (SSSR count). The number of aryl methyl sites for hydroxylation is 1. The summed E-state index contributed by atoms with van der Waals surface area (Å²) in [6, 6.07) is 12.0. The topological polar surface area (TPSA) is 75.4 Å². The lowest BCUT2D eigenvalue weighted by atomic mass is 9.95. The summed E-state index contributed by atoms with van der Waals surface area (Å²) >= 11 is 0. The molecule has 1 fully saturated rings. The number of amides is 2. The molecule has 0 bridgehead atoms. The van der Waals surface area contributed by atoms with Crippen molar-refractivity contribution < 1.29 is 14.0 Å². The fourth-order valence-corrected chi connectivity index (χ4v) is 3.29. The van der Waals surface area contributed by atoms with Gasteiger partial charge in [0.25, 0.3) is 5.91 Å². The second kappa shape index (κ2) is 8.20. The number of nitrogens with zero attached hydrogens (tertiary/aromatic N) is 1. The van der Waals surface area contributed by atoms with Crippen LogP contribution in [0.1, 0.15) is 34.3 Å². The van der Waals surface area contributed by atoms with Crippen molar-refractivity contribution in [2.45, 2.75) is 26.3 Å². The molecule has 1 saturated heterocycles. The first kappa shape index (κ1) is 18.9. The van der Waals surface area contributed by atoms with Crippen LogP contribution in [0.3, 0.4) is 0 Å². The number of hydrogen-bond donors (Lipinski definition) is 2. The minimum Gasteiger partial charge on any atom is -0.398 e. The lowest BCUT2D eigenvalue weighted by molar-refractivity contribution is -0.126. The molecule has 0 atom stereocenters. The highest BCUT2D eigenvalue weighted by Gasteiger charge is 2.28. The maximum absolute atomic E-state index is 13.6. The van der Waals surface area contributed by atoms with E-state index in [0.717, 1.165) is 5.56 Å². The van der Waals surface area contributed by atoms with Gasteiger partial charge in [0.15, 0.2) is 0 Å². The van der Waals surface area contributed by atoms with Crippen LogP contribution in [0.2, 0.25) is 0 Å². The molecule has 2 aromatic rings. The Labute approximate surface area is 158 Å². The predicted molar refractivity (Wildman–Crippen MR) is 102 cm³/mol. The van der Waals surface area contributed by atoms with Crippen LogP contribution in [-0.2, 0) is 11.3 Å². The van der Waals surface area contributed by atoms with Gasteiger partial charge in [-0.25, -0.2) is 4.39 Å². The van der Waals surface area contributed by atoms with Crippen LogP contribution in [0.25, 0.3) is 0 Å². The third kappa shape index (κ3) is 4.45. The molecule has 0 aliphatic carbocycles. The van der Waals surface area contributed by atoms with Crippen LogP contribution in [0.4, 0.5) is 10.1 Å². The molecule has 5 nitrogen and oxygen atoms in total. The van der Waals surface area contributed by atoms with Crippen LogP contribution in [0.15, 0.2) is 42.5 Å². The Kier molecular flexibility index (Phi) is 5.74. The Hall–Kier alpha value is -2.89. The number of carbonyl (C=O) groups excluding carboxylic acids is 2. The maximum Gasteiger partial charge on any atom is 0.255 e. The van der Waals surface area contributed by atoms with Gasteiger partial charge in [-0.2, -0.15) is 0 Å². The second-order valence-electron chi connectivity index (χ2n) is 6.96. The van der Waals surface area contributed by atoms with Crippen LogP contribution >= 0.6 is 0 Å². The highest BCUT2D eigenvalue weighted by molar-refractivity contribution is 5.99. The van der Waals surface area contributed by atoms with Crippen molar-refractivity contribution in [2.24, 2.45) is 5.92 Å². The highest BCUT2D eigenvalue weighted by Crippen LogP contribution is 2.21. The molecule has 27 heavy (non-hydrogen) atoms. The number of likely N-dealkylation sites (tertiary alicyclic amines) is 1.